The number of benzene rings is 1. The summed E-state index contributed by atoms with van der Waals surface area (Å²) < 4.78 is 11.1. The zero-order chi connectivity index (χ0) is 22.4. The van der Waals surface area contributed by atoms with Gasteiger partial charge in [0, 0.05) is 17.7 Å². The van der Waals surface area contributed by atoms with Crippen LogP contribution in [0.5, 0.6) is 0 Å². The molecule has 1 aliphatic rings. The largest absolute Gasteiger partial charge is 0.459 e. The molecule has 1 saturated carbocycles. The van der Waals surface area contributed by atoms with E-state index in [1.165, 1.54) is 12.5 Å². The summed E-state index contributed by atoms with van der Waals surface area (Å²) in [5, 5.41) is 12.4. The number of rotatable bonds is 6. The van der Waals surface area contributed by atoms with E-state index in [-0.39, 0.29) is 29.6 Å². The number of carbonyl (C=O) groups is 2. The molecule has 0 atom stereocenters. The molecule has 0 spiro atoms. The average molecular weight is 421 g/mol. The Hall–Kier alpha value is -3.33. The van der Waals surface area contributed by atoms with Gasteiger partial charge in [-0.2, -0.15) is 5.26 Å². The molecule has 0 radical (unpaired) electrons. The van der Waals surface area contributed by atoms with Crippen molar-refractivity contribution in [3.63, 3.8) is 0 Å². The topological polar surface area (TPSA) is 92.3 Å². The van der Waals surface area contributed by atoms with Gasteiger partial charge in [-0.15, -0.1) is 0 Å². The fraction of sp³-hybridized carbons (Fsp3) is 0.400. The molecule has 31 heavy (non-hydrogen) atoms. The summed E-state index contributed by atoms with van der Waals surface area (Å²) in [6, 6.07) is 10.9. The first-order valence-electron chi connectivity index (χ1n) is 10.7. The van der Waals surface area contributed by atoms with Gasteiger partial charge in [0.1, 0.15) is 23.2 Å². The van der Waals surface area contributed by atoms with Gasteiger partial charge in [-0.3, -0.25) is 4.79 Å². The van der Waals surface area contributed by atoms with Crippen molar-refractivity contribution in [2.75, 3.05) is 0 Å². The zero-order valence-corrected chi connectivity index (χ0v) is 18.2. The third-order valence-electron chi connectivity index (χ3n) is 5.29. The maximum absolute atomic E-state index is 12.5. The maximum atomic E-state index is 12.5. The quantitative estimate of drug-likeness (QED) is 0.395. The first-order chi connectivity index (χ1) is 14.9. The summed E-state index contributed by atoms with van der Waals surface area (Å²) in [5.74, 6) is 0.289. The Morgan fingerprint density at radius 3 is 2.58 bits per heavy atom. The number of amides is 1. The highest BCUT2D eigenvalue weighted by molar-refractivity contribution is 6.01. The van der Waals surface area contributed by atoms with Crippen molar-refractivity contribution in [1.29, 1.82) is 5.26 Å². The number of aryl methyl sites for hydroxylation is 1. The van der Waals surface area contributed by atoms with Gasteiger partial charge in [-0.1, -0.05) is 25.3 Å². The Kier molecular flexibility index (Phi) is 7.30. The number of hydrogen-bond acceptors (Lipinski definition) is 5. The molecule has 1 heterocycles. The lowest BCUT2D eigenvalue weighted by Crippen LogP contribution is -2.36. The lowest BCUT2D eigenvalue weighted by atomic mass is 9.95. The van der Waals surface area contributed by atoms with E-state index in [9.17, 15) is 14.9 Å². The van der Waals surface area contributed by atoms with E-state index in [0.29, 0.717) is 17.1 Å². The molecule has 6 nitrogen and oxygen atoms in total. The average Bonchev–Trinajstić information content (AvgIpc) is 3.20. The van der Waals surface area contributed by atoms with Crippen LogP contribution in [0.4, 0.5) is 0 Å². The summed E-state index contributed by atoms with van der Waals surface area (Å²) in [6.45, 7) is 5.50. The molecule has 1 aromatic carbocycles. The molecular weight excluding hydrogens is 392 g/mol. The number of nitrogens with one attached hydrogen (secondary N) is 1. The van der Waals surface area contributed by atoms with Crippen LogP contribution in [0.3, 0.4) is 0 Å². The Morgan fingerprint density at radius 1 is 1.19 bits per heavy atom. The van der Waals surface area contributed by atoms with Crippen LogP contribution in [0.2, 0.25) is 0 Å². The molecule has 1 N–H and O–H groups in total. The normalized spacial score (nSPS) is 14.9. The fourth-order valence-electron chi connectivity index (χ4n) is 3.73. The van der Waals surface area contributed by atoms with Crippen molar-refractivity contribution in [3.8, 4) is 17.4 Å². The molecule has 162 valence electrons. The summed E-state index contributed by atoms with van der Waals surface area (Å²) in [7, 11) is 0. The number of furan rings is 1. The Labute approximate surface area is 182 Å². The molecule has 0 unspecified atom stereocenters. The Balaban J connectivity index is 1.74. The van der Waals surface area contributed by atoms with Crippen LogP contribution in [0.25, 0.3) is 17.4 Å². The van der Waals surface area contributed by atoms with Gasteiger partial charge in [-0.25, -0.2) is 4.79 Å². The van der Waals surface area contributed by atoms with Crippen molar-refractivity contribution in [3.05, 3.63) is 52.8 Å². The molecule has 1 amide bonds. The minimum atomic E-state index is -0.365. The molecule has 0 aliphatic heterocycles. The number of hydrogen-bond donors (Lipinski definition) is 1. The summed E-state index contributed by atoms with van der Waals surface area (Å²) >= 11 is 0. The van der Waals surface area contributed by atoms with E-state index < -0.39 is 0 Å². The zero-order valence-electron chi connectivity index (χ0n) is 18.2. The predicted molar refractivity (Wildman–Crippen MR) is 118 cm³/mol. The molecule has 1 aliphatic carbocycles. The number of nitrogens with zero attached hydrogens (tertiary/aromatic N) is 1. The molecule has 1 aromatic heterocycles. The van der Waals surface area contributed by atoms with E-state index in [1.54, 1.807) is 30.3 Å². The van der Waals surface area contributed by atoms with Crippen LogP contribution in [0.15, 0.2) is 40.3 Å². The minimum Gasteiger partial charge on any atom is -0.459 e. The molecule has 2 aromatic rings. The molecule has 0 bridgehead atoms. The van der Waals surface area contributed by atoms with Crippen molar-refractivity contribution >= 4 is 18.0 Å². The highest BCUT2D eigenvalue weighted by Gasteiger charge is 2.19. The Bertz CT molecular complexity index is 1020. The van der Waals surface area contributed by atoms with Crippen molar-refractivity contribution in [2.45, 2.75) is 65.0 Å². The monoisotopic (exact) mass is 420 g/mol. The summed E-state index contributed by atoms with van der Waals surface area (Å²) in [6.07, 6.45) is 6.59. The van der Waals surface area contributed by atoms with Gasteiger partial charge in [0.15, 0.2) is 0 Å². The van der Waals surface area contributed by atoms with E-state index >= 15 is 0 Å². The predicted octanol–water partition coefficient (Wildman–Crippen LogP) is 5.18. The second-order valence-electron chi connectivity index (χ2n) is 8.16. The molecular formula is C25H28N2O4. The lowest BCUT2D eigenvalue weighted by Gasteiger charge is -2.22. The van der Waals surface area contributed by atoms with Crippen molar-refractivity contribution < 1.29 is 18.7 Å². The van der Waals surface area contributed by atoms with E-state index in [0.717, 1.165) is 36.8 Å². The van der Waals surface area contributed by atoms with Crippen molar-refractivity contribution in [1.82, 2.24) is 5.32 Å². The third-order valence-corrected chi connectivity index (χ3v) is 5.29. The number of esters is 1. The van der Waals surface area contributed by atoms with E-state index in [2.05, 4.69) is 5.32 Å². The number of carbonyl (C=O) groups excluding carboxylic acids is 2. The fourth-order valence-corrected chi connectivity index (χ4v) is 3.73. The van der Waals surface area contributed by atoms with E-state index in [1.807, 2.05) is 26.8 Å². The van der Waals surface area contributed by atoms with Crippen LogP contribution < -0.4 is 5.32 Å². The molecule has 3 rings (SSSR count). The third kappa shape index (κ3) is 5.85. The molecule has 6 heteroatoms. The Morgan fingerprint density at radius 2 is 1.94 bits per heavy atom. The smallest absolute Gasteiger partial charge is 0.338 e. The first-order valence-corrected chi connectivity index (χ1v) is 10.7. The van der Waals surface area contributed by atoms with Gasteiger partial charge >= 0.3 is 5.97 Å². The van der Waals surface area contributed by atoms with Crippen LogP contribution in [-0.2, 0) is 9.53 Å². The highest BCUT2D eigenvalue weighted by atomic mass is 16.5. The molecule has 0 saturated heterocycles. The SMILES string of the molecule is Cc1cc(C(=O)OC(C)C)ccc1-c1ccc(/C=C(/C#N)C(=O)NC2CCCCC2)o1. The van der Waals surface area contributed by atoms with Gasteiger partial charge < -0.3 is 14.5 Å². The summed E-state index contributed by atoms with van der Waals surface area (Å²) in [5.41, 5.74) is 2.19. The van der Waals surface area contributed by atoms with Gasteiger partial charge in [0.05, 0.1) is 11.7 Å². The van der Waals surface area contributed by atoms with Gasteiger partial charge in [-0.05, 0) is 63.4 Å². The van der Waals surface area contributed by atoms with Crippen LogP contribution in [0.1, 0.15) is 67.6 Å². The van der Waals surface area contributed by atoms with Crippen LogP contribution in [-0.4, -0.2) is 24.0 Å². The van der Waals surface area contributed by atoms with Crippen LogP contribution in [0, 0.1) is 18.3 Å². The molecule has 1 fully saturated rings. The second-order valence-corrected chi connectivity index (χ2v) is 8.16. The standard InChI is InChI=1S/C25H28N2O4/c1-16(2)30-25(29)18-9-11-22(17(3)13-18)23-12-10-21(31-23)14-19(15-26)24(28)27-20-7-5-4-6-8-20/h9-14,16,20H,4-8H2,1-3H3,(H,27,28)/b19-14-. The second kappa shape index (κ2) is 10.1. The minimum absolute atomic E-state index is 0.0231. The van der Waals surface area contributed by atoms with E-state index in [4.69, 9.17) is 9.15 Å². The highest BCUT2D eigenvalue weighted by Crippen LogP contribution is 2.28. The lowest BCUT2D eigenvalue weighted by molar-refractivity contribution is -0.117. The maximum Gasteiger partial charge on any atom is 0.338 e. The van der Waals surface area contributed by atoms with Crippen molar-refractivity contribution in [2.24, 2.45) is 0 Å². The van der Waals surface area contributed by atoms with Gasteiger partial charge in [0.2, 0.25) is 0 Å². The first kappa shape index (κ1) is 22.4. The van der Waals surface area contributed by atoms with Crippen LogP contribution >= 0.6 is 0 Å². The number of nitriles is 1. The van der Waals surface area contributed by atoms with Gasteiger partial charge in [0.25, 0.3) is 5.91 Å². The number of ether oxygens (including phenoxy) is 1. The summed E-state index contributed by atoms with van der Waals surface area (Å²) in [4.78, 5) is 24.6.